The maximum atomic E-state index is 13.5. The summed E-state index contributed by atoms with van der Waals surface area (Å²) in [5, 5.41) is 16.6. The first-order valence-electron chi connectivity index (χ1n) is 7.69. The van der Waals surface area contributed by atoms with Crippen molar-refractivity contribution in [1.29, 1.82) is 0 Å². The normalized spacial score (nSPS) is 12.2. The second kappa shape index (κ2) is 6.71. The molecule has 0 saturated heterocycles. The third-order valence-corrected chi connectivity index (χ3v) is 3.77. The van der Waals surface area contributed by atoms with Gasteiger partial charge in [0.1, 0.15) is 17.3 Å². The van der Waals surface area contributed by atoms with Crippen LogP contribution in [0.3, 0.4) is 0 Å². The third-order valence-electron chi connectivity index (χ3n) is 3.77. The molecule has 0 saturated carbocycles. The maximum absolute atomic E-state index is 13.5. The van der Waals surface area contributed by atoms with Gasteiger partial charge in [0.2, 0.25) is 0 Å². The van der Waals surface area contributed by atoms with Crippen LogP contribution in [0.5, 0.6) is 0 Å². The zero-order valence-electron chi connectivity index (χ0n) is 13.4. The number of carboxylic acids is 1. The van der Waals surface area contributed by atoms with Gasteiger partial charge in [-0.2, -0.15) is 4.68 Å². The van der Waals surface area contributed by atoms with Crippen LogP contribution in [-0.2, 0) is 4.79 Å². The maximum Gasteiger partial charge on any atom is 0.305 e. The number of hydrogen-bond acceptors (Lipinski definition) is 5. The molecule has 0 unspecified atom stereocenters. The number of carbonyl (C=O) groups is 1. The SMILES string of the molecule is CC[C@@H](CC(=O)O)Nc1ccc(=O)n(-c2c[nH]c3ncc(F)cc23)n1. The van der Waals surface area contributed by atoms with Gasteiger partial charge in [0.25, 0.3) is 5.56 Å². The van der Waals surface area contributed by atoms with Gasteiger partial charge < -0.3 is 15.4 Å². The first-order valence-corrected chi connectivity index (χ1v) is 7.69. The van der Waals surface area contributed by atoms with Crippen molar-refractivity contribution in [2.45, 2.75) is 25.8 Å². The predicted octanol–water partition coefficient (Wildman–Crippen LogP) is 1.91. The Morgan fingerprint density at radius 3 is 3.00 bits per heavy atom. The highest BCUT2D eigenvalue weighted by Crippen LogP contribution is 2.20. The van der Waals surface area contributed by atoms with E-state index in [2.05, 4.69) is 20.4 Å². The van der Waals surface area contributed by atoms with Crippen molar-refractivity contribution in [2.75, 3.05) is 5.32 Å². The summed E-state index contributed by atoms with van der Waals surface area (Å²) in [6, 6.07) is 3.74. The zero-order valence-corrected chi connectivity index (χ0v) is 13.4. The van der Waals surface area contributed by atoms with Crippen molar-refractivity contribution in [3.8, 4) is 5.69 Å². The van der Waals surface area contributed by atoms with Gasteiger partial charge in [-0.3, -0.25) is 9.59 Å². The minimum atomic E-state index is -0.925. The Bertz CT molecular complexity index is 981. The monoisotopic (exact) mass is 345 g/mol. The number of hydrogen-bond donors (Lipinski definition) is 3. The Hall–Kier alpha value is -3.23. The minimum Gasteiger partial charge on any atom is -0.481 e. The number of fused-ring (bicyclic) bond motifs is 1. The number of halogens is 1. The molecule has 0 radical (unpaired) electrons. The van der Waals surface area contributed by atoms with Crippen molar-refractivity contribution < 1.29 is 14.3 Å². The number of pyridine rings is 1. The standard InChI is InChI=1S/C16H16FN5O3/c1-2-10(6-15(24)25)20-13-3-4-14(23)22(21-13)12-8-19-16-11(12)5-9(17)7-18-16/h3-5,7-8,10H,2,6H2,1H3,(H,18,19)(H,20,21)(H,24,25)/t10-/m0/s1. The van der Waals surface area contributed by atoms with Crippen LogP contribution in [0, 0.1) is 5.82 Å². The molecule has 3 heterocycles. The zero-order chi connectivity index (χ0) is 18.0. The molecule has 0 aliphatic carbocycles. The van der Waals surface area contributed by atoms with Crippen molar-refractivity contribution in [3.63, 3.8) is 0 Å². The Labute approximate surface area is 141 Å². The molecular weight excluding hydrogens is 329 g/mol. The Morgan fingerprint density at radius 2 is 2.28 bits per heavy atom. The molecule has 3 rings (SSSR count). The summed E-state index contributed by atoms with van der Waals surface area (Å²) >= 11 is 0. The third kappa shape index (κ3) is 3.49. The minimum absolute atomic E-state index is 0.0699. The molecule has 0 bridgehead atoms. The van der Waals surface area contributed by atoms with Gasteiger partial charge in [0, 0.05) is 23.7 Å². The predicted molar refractivity (Wildman–Crippen MR) is 89.4 cm³/mol. The number of nitrogens with zero attached hydrogens (tertiary/aromatic N) is 3. The van der Waals surface area contributed by atoms with Gasteiger partial charge in [-0.15, -0.1) is 5.10 Å². The van der Waals surface area contributed by atoms with Crippen molar-refractivity contribution in [2.24, 2.45) is 0 Å². The van der Waals surface area contributed by atoms with Crippen molar-refractivity contribution in [3.05, 3.63) is 46.8 Å². The number of nitrogens with one attached hydrogen (secondary N) is 2. The molecule has 0 aliphatic heterocycles. The van der Waals surface area contributed by atoms with E-state index in [4.69, 9.17) is 5.11 Å². The molecule has 9 heteroatoms. The van der Waals surface area contributed by atoms with Gasteiger partial charge in [-0.25, -0.2) is 9.37 Å². The fourth-order valence-electron chi connectivity index (χ4n) is 2.52. The van der Waals surface area contributed by atoms with E-state index in [1.807, 2.05) is 6.92 Å². The second-order valence-corrected chi connectivity index (χ2v) is 5.54. The van der Waals surface area contributed by atoms with E-state index >= 15 is 0 Å². The van der Waals surface area contributed by atoms with Gasteiger partial charge in [0.05, 0.1) is 18.3 Å². The van der Waals surface area contributed by atoms with Gasteiger partial charge in [-0.1, -0.05) is 6.92 Å². The van der Waals surface area contributed by atoms with Crippen LogP contribution in [-0.4, -0.2) is 36.9 Å². The Balaban J connectivity index is 2.00. The molecule has 3 aromatic rings. The van der Waals surface area contributed by atoms with Crippen LogP contribution in [0.1, 0.15) is 19.8 Å². The highest BCUT2D eigenvalue weighted by Gasteiger charge is 2.14. The average molecular weight is 345 g/mol. The number of anilines is 1. The van der Waals surface area contributed by atoms with Crippen LogP contribution >= 0.6 is 0 Å². The number of aliphatic carboxylic acids is 1. The number of H-pyrrole nitrogens is 1. The summed E-state index contributed by atoms with van der Waals surface area (Å²) in [5.41, 5.74) is 0.393. The smallest absolute Gasteiger partial charge is 0.305 e. The lowest BCUT2D eigenvalue weighted by molar-refractivity contribution is -0.137. The fourth-order valence-corrected chi connectivity index (χ4v) is 2.52. The average Bonchev–Trinajstić information content (AvgIpc) is 2.98. The van der Waals surface area contributed by atoms with Gasteiger partial charge >= 0.3 is 5.97 Å². The Kier molecular flexibility index (Phi) is 4.46. The summed E-state index contributed by atoms with van der Waals surface area (Å²) in [6.45, 7) is 1.85. The second-order valence-electron chi connectivity index (χ2n) is 5.54. The van der Waals surface area contributed by atoms with Gasteiger partial charge in [0.15, 0.2) is 0 Å². The molecule has 0 aliphatic rings. The summed E-state index contributed by atoms with van der Waals surface area (Å²) < 4.78 is 14.6. The van der Waals surface area contributed by atoms with Crippen LogP contribution in [0.25, 0.3) is 16.7 Å². The lowest BCUT2D eigenvalue weighted by Crippen LogP contribution is -2.26. The van der Waals surface area contributed by atoms with Crippen LogP contribution < -0.4 is 10.9 Å². The van der Waals surface area contributed by atoms with E-state index in [0.29, 0.717) is 29.0 Å². The molecule has 0 fully saturated rings. The van der Waals surface area contributed by atoms with E-state index in [0.717, 1.165) is 10.9 Å². The lowest BCUT2D eigenvalue weighted by atomic mass is 10.1. The molecule has 0 spiro atoms. The van der Waals surface area contributed by atoms with E-state index in [1.54, 1.807) is 0 Å². The van der Waals surface area contributed by atoms with Crippen LogP contribution in [0.2, 0.25) is 0 Å². The van der Waals surface area contributed by atoms with E-state index < -0.39 is 17.3 Å². The molecule has 25 heavy (non-hydrogen) atoms. The number of aromatic amines is 1. The molecule has 8 nitrogen and oxygen atoms in total. The molecular formula is C16H16FN5O3. The Morgan fingerprint density at radius 1 is 1.48 bits per heavy atom. The molecule has 1 atom stereocenters. The largest absolute Gasteiger partial charge is 0.481 e. The number of carboxylic acid groups (broad SMARTS) is 1. The molecule has 0 amide bonds. The first-order chi connectivity index (χ1) is 12.0. The molecule has 130 valence electrons. The number of aromatic nitrogens is 4. The summed E-state index contributed by atoms with van der Waals surface area (Å²) in [5.74, 6) is -1.10. The highest BCUT2D eigenvalue weighted by atomic mass is 19.1. The van der Waals surface area contributed by atoms with Crippen molar-refractivity contribution >= 4 is 22.8 Å². The summed E-state index contributed by atoms with van der Waals surface area (Å²) in [7, 11) is 0. The van der Waals surface area contributed by atoms with E-state index in [1.165, 1.54) is 24.4 Å². The first kappa shape index (κ1) is 16.6. The summed E-state index contributed by atoms with van der Waals surface area (Å²) in [4.78, 5) is 29.8. The molecule has 3 N–H and O–H groups in total. The highest BCUT2D eigenvalue weighted by molar-refractivity contribution is 5.85. The van der Waals surface area contributed by atoms with Gasteiger partial charge in [-0.05, 0) is 18.6 Å². The lowest BCUT2D eigenvalue weighted by Gasteiger charge is -2.16. The van der Waals surface area contributed by atoms with Crippen LogP contribution in [0.15, 0.2) is 35.4 Å². The van der Waals surface area contributed by atoms with Crippen LogP contribution in [0.4, 0.5) is 10.2 Å². The van der Waals surface area contributed by atoms with E-state index in [9.17, 15) is 14.0 Å². The fraction of sp³-hybridized carbons (Fsp3) is 0.250. The topological polar surface area (TPSA) is 113 Å². The quantitative estimate of drug-likeness (QED) is 0.629. The molecule has 0 aromatic carbocycles. The van der Waals surface area contributed by atoms with Crippen molar-refractivity contribution in [1.82, 2.24) is 19.7 Å². The molecule has 3 aromatic heterocycles. The number of rotatable bonds is 6. The van der Waals surface area contributed by atoms with E-state index in [-0.39, 0.29) is 12.5 Å². The summed E-state index contributed by atoms with van der Waals surface area (Å²) in [6.07, 6.45) is 3.10.